The maximum absolute atomic E-state index is 13.8. The van der Waals surface area contributed by atoms with Crippen molar-refractivity contribution < 1.29 is 27.9 Å². The first-order chi connectivity index (χ1) is 12.4. The molecule has 26 heavy (non-hydrogen) atoms. The topological polar surface area (TPSA) is 65.4 Å². The van der Waals surface area contributed by atoms with Crippen LogP contribution in [0.15, 0.2) is 42.6 Å². The van der Waals surface area contributed by atoms with Crippen LogP contribution in [0, 0.1) is 11.6 Å². The number of ether oxygens (including phenoxy) is 1. The van der Waals surface area contributed by atoms with Gasteiger partial charge in [-0.3, -0.25) is 9.59 Å². The van der Waals surface area contributed by atoms with E-state index in [0.29, 0.717) is 11.3 Å². The van der Waals surface area contributed by atoms with Gasteiger partial charge in [0.25, 0.3) is 0 Å². The maximum atomic E-state index is 13.8. The van der Waals surface area contributed by atoms with Crippen molar-refractivity contribution in [2.45, 2.75) is 19.9 Å². The molecule has 0 saturated heterocycles. The van der Waals surface area contributed by atoms with Crippen LogP contribution in [0.3, 0.4) is 0 Å². The molecule has 0 spiro atoms. The summed E-state index contributed by atoms with van der Waals surface area (Å²) in [6, 6.07) is 6.72. The molecule has 1 aromatic heterocycles. The molecule has 0 aliphatic rings. The van der Waals surface area contributed by atoms with Crippen molar-refractivity contribution in [2.24, 2.45) is 0 Å². The van der Waals surface area contributed by atoms with Gasteiger partial charge in [0, 0.05) is 23.5 Å². The number of Topliss-reactive ketones (excluding diaryl/α,β-unsaturated/α-hetero) is 1. The van der Waals surface area contributed by atoms with Crippen LogP contribution in [0.25, 0.3) is 6.08 Å². The lowest BCUT2D eigenvalue weighted by Gasteiger charge is -2.08. The molecule has 1 aromatic carbocycles. The molecule has 7 heteroatoms. The van der Waals surface area contributed by atoms with E-state index in [1.807, 2.05) is 0 Å². The van der Waals surface area contributed by atoms with Gasteiger partial charge in [-0.25, -0.2) is 13.6 Å². The standard InChI is InChI=1S/C19H17F2NO4/c1-2-26-19(25)18(24)11-16(23)8-7-15-4-3-9-22(15)12-13-5-6-14(20)10-17(13)21/h3-10H,2,11-12H2,1H3/b8-7+. The Morgan fingerprint density at radius 2 is 1.96 bits per heavy atom. The molecular weight excluding hydrogens is 344 g/mol. The van der Waals surface area contributed by atoms with E-state index in [4.69, 9.17) is 0 Å². The molecule has 0 aliphatic heterocycles. The number of nitrogens with zero attached hydrogens (tertiary/aromatic N) is 1. The molecule has 0 N–H and O–H groups in total. The average molecular weight is 361 g/mol. The maximum Gasteiger partial charge on any atom is 0.375 e. The summed E-state index contributed by atoms with van der Waals surface area (Å²) in [7, 11) is 0. The van der Waals surface area contributed by atoms with Crippen molar-refractivity contribution in [3.63, 3.8) is 0 Å². The summed E-state index contributed by atoms with van der Waals surface area (Å²) in [5.41, 5.74) is 0.881. The predicted molar refractivity (Wildman–Crippen MR) is 90.2 cm³/mol. The first-order valence-corrected chi connectivity index (χ1v) is 7.90. The van der Waals surface area contributed by atoms with Gasteiger partial charge in [-0.2, -0.15) is 0 Å². The number of ketones is 2. The highest BCUT2D eigenvalue weighted by atomic mass is 19.1. The zero-order valence-electron chi connectivity index (χ0n) is 14.1. The molecule has 0 amide bonds. The van der Waals surface area contributed by atoms with Crippen LogP contribution in [-0.4, -0.2) is 28.7 Å². The molecule has 0 radical (unpaired) electrons. The Morgan fingerprint density at radius 3 is 2.65 bits per heavy atom. The molecule has 0 fully saturated rings. The molecule has 0 aliphatic carbocycles. The summed E-state index contributed by atoms with van der Waals surface area (Å²) in [6.07, 6.45) is 3.73. The van der Waals surface area contributed by atoms with E-state index in [1.54, 1.807) is 29.8 Å². The molecule has 0 unspecified atom stereocenters. The first kappa shape index (κ1) is 19.2. The molecular formula is C19H17F2NO4. The highest BCUT2D eigenvalue weighted by Gasteiger charge is 2.17. The van der Waals surface area contributed by atoms with Gasteiger partial charge < -0.3 is 9.30 Å². The second kappa shape index (κ2) is 8.84. The third kappa shape index (κ3) is 5.20. The summed E-state index contributed by atoms with van der Waals surface area (Å²) in [4.78, 5) is 34.5. The van der Waals surface area contributed by atoms with Gasteiger partial charge in [-0.1, -0.05) is 6.07 Å². The van der Waals surface area contributed by atoms with Crippen LogP contribution in [0.4, 0.5) is 8.78 Å². The van der Waals surface area contributed by atoms with Crippen LogP contribution in [-0.2, 0) is 25.7 Å². The van der Waals surface area contributed by atoms with Gasteiger partial charge in [-0.15, -0.1) is 0 Å². The van der Waals surface area contributed by atoms with E-state index in [0.717, 1.165) is 6.07 Å². The van der Waals surface area contributed by atoms with E-state index in [1.165, 1.54) is 24.3 Å². The number of aromatic nitrogens is 1. The smallest absolute Gasteiger partial charge is 0.375 e. The van der Waals surface area contributed by atoms with Crippen LogP contribution >= 0.6 is 0 Å². The highest BCUT2D eigenvalue weighted by molar-refractivity contribution is 6.37. The SMILES string of the molecule is CCOC(=O)C(=O)CC(=O)/C=C/c1cccn1Cc1ccc(F)cc1F. The van der Waals surface area contributed by atoms with Crippen LogP contribution in [0.1, 0.15) is 24.6 Å². The fourth-order valence-electron chi connectivity index (χ4n) is 2.24. The Labute approximate surface area is 148 Å². The van der Waals surface area contributed by atoms with Crippen molar-refractivity contribution in [3.05, 3.63) is 65.5 Å². The molecule has 0 saturated carbocycles. The van der Waals surface area contributed by atoms with Gasteiger partial charge in [0.05, 0.1) is 19.6 Å². The molecule has 5 nitrogen and oxygen atoms in total. The Morgan fingerprint density at radius 1 is 1.19 bits per heavy atom. The largest absolute Gasteiger partial charge is 0.460 e. The number of carbonyl (C=O) groups is 3. The number of carbonyl (C=O) groups excluding carboxylic acids is 3. The second-order valence-corrected chi connectivity index (χ2v) is 5.42. The number of rotatable bonds is 8. The van der Waals surface area contributed by atoms with Gasteiger partial charge in [-0.05, 0) is 37.3 Å². The zero-order valence-corrected chi connectivity index (χ0v) is 14.1. The lowest BCUT2D eigenvalue weighted by molar-refractivity contribution is -0.154. The number of allylic oxidation sites excluding steroid dienone is 1. The predicted octanol–water partition coefficient (Wildman–Crippen LogP) is 2.92. The average Bonchev–Trinajstić information content (AvgIpc) is 3.03. The number of hydrogen-bond acceptors (Lipinski definition) is 4. The van der Waals surface area contributed by atoms with E-state index in [2.05, 4.69) is 4.74 Å². The Kier molecular flexibility index (Phi) is 6.54. The number of hydrogen-bond donors (Lipinski definition) is 0. The Hall–Kier alpha value is -3.09. The molecule has 0 atom stereocenters. The molecule has 1 heterocycles. The Bertz CT molecular complexity index is 855. The van der Waals surface area contributed by atoms with Gasteiger partial charge in [0.2, 0.25) is 5.78 Å². The van der Waals surface area contributed by atoms with E-state index >= 15 is 0 Å². The lowest BCUT2D eigenvalue weighted by Crippen LogP contribution is -2.19. The summed E-state index contributed by atoms with van der Waals surface area (Å²) >= 11 is 0. The fraction of sp³-hybridized carbons (Fsp3) is 0.211. The second-order valence-electron chi connectivity index (χ2n) is 5.42. The molecule has 136 valence electrons. The molecule has 2 aromatic rings. The third-order valence-electron chi connectivity index (χ3n) is 3.50. The van der Waals surface area contributed by atoms with Crippen LogP contribution in [0.5, 0.6) is 0 Å². The van der Waals surface area contributed by atoms with Crippen molar-refractivity contribution in [2.75, 3.05) is 6.61 Å². The van der Waals surface area contributed by atoms with Crippen LogP contribution in [0.2, 0.25) is 0 Å². The van der Waals surface area contributed by atoms with Crippen molar-refractivity contribution in [1.82, 2.24) is 4.57 Å². The third-order valence-corrected chi connectivity index (χ3v) is 3.50. The fourth-order valence-corrected chi connectivity index (χ4v) is 2.24. The summed E-state index contributed by atoms with van der Waals surface area (Å²) in [5, 5.41) is 0. The monoisotopic (exact) mass is 361 g/mol. The van der Waals surface area contributed by atoms with E-state index in [9.17, 15) is 23.2 Å². The first-order valence-electron chi connectivity index (χ1n) is 7.90. The summed E-state index contributed by atoms with van der Waals surface area (Å²) < 4.78 is 32.9. The van der Waals surface area contributed by atoms with Crippen molar-refractivity contribution in [3.8, 4) is 0 Å². The van der Waals surface area contributed by atoms with Crippen molar-refractivity contribution >= 4 is 23.6 Å². The van der Waals surface area contributed by atoms with Crippen LogP contribution < -0.4 is 0 Å². The lowest BCUT2D eigenvalue weighted by atomic mass is 10.2. The van der Waals surface area contributed by atoms with E-state index < -0.39 is 35.6 Å². The highest BCUT2D eigenvalue weighted by Crippen LogP contribution is 2.14. The normalized spacial score (nSPS) is 10.9. The van der Waals surface area contributed by atoms with Gasteiger partial charge in [0.15, 0.2) is 5.78 Å². The van der Waals surface area contributed by atoms with Crippen molar-refractivity contribution in [1.29, 1.82) is 0 Å². The van der Waals surface area contributed by atoms with Gasteiger partial charge in [0.1, 0.15) is 11.6 Å². The van der Waals surface area contributed by atoms with Gasteiger partial charge >= 0.3 is 5.97 Å². The Balaban J connectivity index is 2.03. The molecule has 2 rings (SSSR count). The van der Waals surface area contributed by atoms with E-state index in [-0.39, 0.29) is 13.2 Å². The minimum absolute atomic E-state index is 0.0576. The number of benzene rings is 1. The number of esters is 1. The summed E-state index contributed by atoms with van der Waals surface area (Å²) in [6.45, 7) is 1.77. The quantitative estimate of drug-likeness (QED) is 0.314. The zero-order chi connectivity index (χ0) is 19.1. The minimum Gasteiger partial charge on any atom is -0.460 e. The number of halogens is 2. The minimum atomic E-state index is -1.04. The molecule has 0 bridgehead atoms. The summed E-state index contributed by atoms with van der Waals surface area (Å²) in [5.74, 6) is -3.82.